The van der Waals surface area contributed by atoms with Gasteiger partial charge in [-0.15, -0.1) is 0 Å². The lowest BCUT2D eigenvalue weighted by molar-refractivity contribution is -0.898. The summed E-state index contributed by atoms with van der Waals surface area (Å²) in [6, 6.07) is 7.62. The molecule has 2 heterocycles. The summed E-state index contributed by atoms with van der Waals surface area (Å²) in [6.45, 7) is 10.8. The van der Waals surface area contributed by atoms with Gasteiger partial charge in [0.05, 0.1) is 55.5 Å². The quantitative estimate of drug-likeness (QED) is 0.798. The van der Waals surface area contributed by atoms with E-state index in [0.717, 1.165) is 38.4 Å². The van der Waals surface area contributed by atoms with E-state index < -0.39 is 10.0 Å². The second kappa shape index (κ2) is 7.28. The molecule has 8 heteroatoms. The number of aromatic nitrogens is 2. The molecule has 0 radical (unpaired) electrons. The summed E-state index contributed by atoms with van der Waals surface area (Å²) in [7, 11) is -1.94. The summed E-state index contributed by atoms with van der Waals surface area (Å²) in [5.74, 6) is 0. The van der Waals surface area contributed by atoms with E-state index in [4.69, 9.17) is 0 Å². The minimum absolute atomic E-state index is 0.259. The predicted molar refractivity (Wildman–Crippen MR) is 103 cm³/mol. The van der Waals surface area contributed by atoms with Crippen molar-refractivity contribution >= 4 is 21.4 Å². The third kappa shape index (κ3) is 3.57. The highest BCUT2D eigenvalue weighted by molar-refractivity contribution is 7.92. The van der Waals surface area contributed by atoms with Gasteiger partial charge in [0.25, 0.3) is 10.0 Å². The van der Waals surface area contributed by atoms with Crippen LogP contribution in [0.25, 0.3) is 0 Å². The van der Waals surface area contributed by atoms with E-state index in [2.05, 4.69) is 21.6 Å². The number of likely N-dealkylation sites (N-methyl/N-ethyl adjacent to an activating group) is 1. The van der Waals surface area contributed by atoms with Gasteiger partial charge in [-0.05, 0) is 32.9 Å². The zero-order chi connectivity index (χ0) is 18.9. The van der Waals surface area contributed by atoms with Gasteiger partial charge >= 0.3 is 0 Å². The Hall–Kier alpha value is -2.06. The largest absolute Gasteiger partial charge is 0.359 e. The summed E-state index contributed by atoms with van der Waals surface area (Å²) in [4.78, 5) is 4.11. The molecule has 2 aromatic rings. The first kappa shape index (κ1) is 18.7. The van der Waals surface area contributed by atoms with Crippen molar-refractivity contribution < 1.29 is 13.3 Å². The first-order valence-electron chi connectivity index (χ1n) is 9.04. The number of anilines is 2. The van der Waals surface area contributed by atoms with Crippen molar-refractivity contribution in [1.29, 1.82) is 0 Å². The molecule has 3 rings (SSSR count). The van der Waals surface area contributed by atoms with Crippen LogP contribution in [0.1, 0.15) is 18.3 Å². The number of rotatable bonds is 5. The van der Waals surface area contributed by atoms with Crippen molar-refractivity contribution in [3.63, 3.8) is 0 Å². The van der Waals surface area contributed by atoms with Gasteiger partial charge in [0.15, 0.2) is 0 Å². The van der Waals surface area contributed by atoms with Crippen LogP contribution in [-0.4, -0.2) is 50.9 Å². The van der Waals surface area contributed by atoms with Crippen LogP contribution in [0.15, 0.2) is 29.2 Å². The first-order valence-corrected chi connectivity index (χ1v) is 10.5. The van der Waals surface area contributed by atoms with Gasteiger partial charge in [0, 0.05) is 7.05 Å². The fraction of sp³-hybridized carbons (Fsp3) is 0.500. The summed E-state index contributed by atoms with van der Waals surface area (Å²) in [6.07, 6.45) is 0. The highest BCUT2D eigenvalue weighted by Crippen LogP contribution is 2.29. The number of piperazine rings is 1. The zero-order valence-corrected chi connectivity index (χ0v) is 16.7. The SMILES string of the molecule is CC[NH+]1CCN(c2ccccc2NS(=O)(=O)c2c(C)nn(C)c2C)CC1. The minimum Gasteiger partial charge on any atom is -0.359 e. The zero-order valence-electron chi connectivity index (χ0n) is 15.9. The van der Waals surface area contributed by atoms with Crippen LogP contribution in [0, 0.1) is 13.8 Å². The molecule has 1 aromatic heterocycles. The predicted octanol–water partition coefficient (Wildman–Crippen LogP) is 0.563. The number of quaternary nitrogens is 1. The molecule has 0 unspecified atom stereocenters. The van der Waals surface area contributed by atoms with E-state index in [-0.39, 0.29) is 4.90 Å². The Morgan fingerprint density at radius 3 is 2.42 bits per heavy atom. The maximum Gasteiger partial charge on any atom is 0.265 e. The highest BCUT2D eigenvalue weighted by Gasteiger charge is 2.26. The van der Waals surface area contributed by atoms with Crippen molar-refractivity contribution in [1.82, 2.24) is 9.78 Å². The topological polar surface area (TPSA) is 71.7 Å². The number of aryl methyl sites for hydroxylation is 2. The molecule has 0 spiro atoms. The molecule has 26 heavy (non-hydrogen) atoms. The molecule has 0 amide bonds. The maximum atomic E-state index is 13.0. The highest BCUT2D eigenvalue weighted by atomic mass is 32.2. The molecule has 142 valence electrons. The Balaban J connectivity index is 1.89. The third-order valence-electron chi connectivity index (χ3n) is 5.17. The number of sulfonamides is 1. The summed E-state index contributed by atoms with van der Waals surface area (Å²) in [5.41, 5.74) is 2.70. The molecule has 1 aliphatic heterocycles. The fourth-order valence-electron chi connectivity index (χ4n) is 3.59. The second-order valence-electron chi connectivity index (χ2n) is 6.84. The van der Waals surface area contributed by atoms with Crippen molar-refractivity contribution in [2.24, 2.45) is 7.05 Å². The Morgan fingerprint density at radius 1 is 1.19 bits per heavy atom. The molecular weight excluding hydrogens is 350 g/mol. The summed E-state index contributed by atoms with van der Waals surface area (Å²) in [5, 5.41) is 4.23. The lowest BCUT2D eigenvalue weighted by Gasteiger charge is -2.34. The molecule has 1 aromatic carbocycles. The number of nitrogens with one attached hydrogen (secondary N) is 2. The molecule has 1 saturated heterocycles. The molecular formula is C18H28N5O2S+. The van der Waals surface area contributed by atoms with Crippen molar-refractivity contribution in [2.75, 3.05) is 42.3 Å². The van der Waals surface area contributed by atoms with Gasteiger partial charge in [-0.25, -0.2) is 8.42 Å². The van der Waals surface area contributed by atoms with Crippen LogP contribution in [0.4, 0.5) is 11.4 Å². The Bertz CT molecular complexity index is 883. The van der Waals surface area contributed by atoms with Gasteiger partial charge in [-0.1, -0.05) is 12.1 Å². The molecule has 0 atom stereocenters. The van der Waals surface area contributed by atoms with E-state index in [9.17, 15) is 8.42 Å². The fourth-order valence-corrected chi connectivity index (χ4v) is 5.11. The van der Waals surface area contributed by atoms with Gasteiger partial charge in [-0.3, -0.25) is 9.40 Å². The lowest BCUT2D eigenvalue weighted by Crippen LogP contribution is -3.14. The molecule has 0 aliphatic carbocycles. The van der Waals surface area contributed by atoms with Gasteiger partial charge in [0.2, 0.25) is 0 Å². The summed E-state index contributed by atoms with van der Waals surface area (Å²) < 4.78 is 30.4. The van der Waals surface area contributed by atoms with Gasteiger partial charge in [-0.2, -0.15) is 5.10 Å². The Labute approximate surface area is 155 Å². The lowest BCUT2D eigenvalue weighted by atomic mass is 10.2. The second-order valence-corrected chi connectivity index (χ2v) is 8.46. The maximum absolute atomic E-state index is 13.0. The van der Waals surface area contributed by atoms with Crippen molar-refractivity contribution in [2.45, 2.75) is 25.7 Å². The van der Waals surface area contributed by atoms with Crippen LogP contribution in [0.3, 0.4) is 0 Å². The summed E-state index contributed by atoms with van der Waals surface area (Å²) >= 11 is 0. The molecule has 1 fully saturated rings. The third-order valence-corrected chi connectivity index (χ3v) is 6.79. The molecule has 0 bridgehead atoms. The first-order chi connectivity index (χ1) is 12.3. The Kier molecular flexibility index (Phi) is 5.24. The van der Waals surface area contributed by atoms with Crippen molar-refractivity contribution in [3.05, 3.63) is 35.7 Å². The smallest absolute Gasteiger partial charge is 0.265 e. The van der Waals surface area contributed by atoms with Crippen molar-refractivity contribution in [3.8, 4) is 0 Å². The molecule has 2 N–H and O–H groups in total. The monoisotopic (exact) mass is 378 g/mol. The molecule has 0 saturated carbocycles. The normalized spacial score (nSPS) is 16.1. The number of benzene rings is 1. The number of para-hydroxylation sites is 2. The molecule has 1 aliphatic rings. The van der Waals surface area contributed by atoms with Gasteiger partial charge in [0.1, 0.15) is 4.90 Å². The minimum atomic E-state index is -3.70. The number of hydrogen-bond donors (Lipinski definition) is 2. The van der Waals surface area contributed by atoms with E-state index in [1.54, 1.807) is 30.5 Å². The van der Waals surface area contributed by atoms with E-state index >= 15 is 0 Å². The molecule has 7 nitrogen and oxygen atoms in total. The standard InChI is InChI=1S/C18H27N5O2S/c1-5-22-10-12-23(13-11-22)17-9-7-6-8-16(17)20-26(24,25)18-14(2)19-21(4)15(18)3/h6-9,20H,5,10-13H2,1-4H3/p+1. The number of hydrogen-bond acceptors (Lipinski definition) is 4. The van der Waals surface area contributed by atoms with Crippen LogP contribution >= 0.6 is 0 Å². The van der Waals surface area contributed by atoms with Crippen LogP contribution in [0.2, 0.25) is 0 Å². The van der Waals surface area contributed by atoms with Gasteiger partial charge < -0.3 is 9.80 Å². The Morgan fingerprint density at radius 2 is 1.85 bits per heavy atom. The average molecular weight is 379 g/mol. The van der Waals surface area contributed by atoms with E-state index in [1.165, 1.54) is 0 Å². The van der Waals surface area contributed by atoms with E-state index in [0.29, 0.717) is 17.1 Å². The van der Waals surface area contributed by atoms with E-state index in [1.807, 2.05) is 24.3 Å². The number of nitrogens with zero attached hydrogens (tertiary/aromatic N) is 3. The van der Waals surface area contributed by atoms with Crippen LogP contribution < -0.4 is 14.5 Å². The van der Waals surface area contributed by atoms with Crippen LogP contribution in [-0.2, 0) is 17.1 Å². The van der Waals surface area contributed by atoms with Crippen LogP contribution in [0.5, 0.6) is 0 Å². The average Bonchev–Trinajstić information content (AvgIpc) is 2.88.